The summed E-state index contributed by atoms with van der Waals surface area (Å²) in [4.78, 5) is 26.9. The lowest BCUT2D eigenvalue weighted by Gasteiger charge is -2.18. The van der Waals surface area contributed by atoms with Crippen LogP contribution in [0.1, 0.15) is 41.4 Å². The summed E-state index contributed by atoms with van der Waals surface area (Å²) in [5.41, 5.74) is -1.05. The average molecular weight is 477 g/mol. The van der Waals surface area contributed by atoms with Gasteiger partial charge in [-0.1, -0.05) is 0 Å². The van der Waals surface area contributed by atoms with Crippen molar-refractivity contribution in [2.75, 3.05) is 19.7 Å². The number of carbonyl (C=O) groups excluding carboxylic acids is 1. The van der Waals surface area contributed by atoms with Crippen LogP contribution in [0.5, 0.6) is 17.2 Å². The van der Waals surface area contributed by atoms with Crippen molar-refractivity contribution in [1.82, 2.24) is 4.90 Å². The molecule has 0 saturated carbocycles. The van der Waals surface area contributed by atoms with Crippen molar-refractivity contribution < 1.29 is 37.0 Å². The van der Waals surface area contributed by atoms with Crippen LogP contribution in [0.3, 0.4) is 0 Å². The number of fused-ring (bicyclic) bond motifs is 1. The first-order chi connectivity index (χ1) is 16.2. The lowest BCUT2D eigenvalue weighted by atomic mass is 10.1. The minimum absolute atomic E-state index is 0.0960. The number of benzene rings is 2. The second-order valence-corrected chi connectivity index (χ2v) is 7.86. The topological polar surface area (TPSA) is 89.2 Å². The van der Waals surface area contributed by atoms with E-state index in [9.17, 15) is 27.9 Å². The molecule has 2 aromatic carbocycles. The van der Waals surface area contributed by atoms with Crippen LogP contribution >= 0.6 is 0 Å². The average Bonchev–Trinajstić information content (AvgIpc) is 3.30. The Hall–Kier alpha value is -3.53. The quantitative estimate of drug-likeness (QED) is 0.495. The molecule has 0 aliphatic carbocycles. The van der Waals surface area contributed by atoms with Gasteiger partial charge in [0.1, 0.15) is 17.1 Å². The minimum Gasteiger partial charge on any atom is -0.507 e. The van der Waals surface area contributed by atoms with Crippen molar-refractivity contribution in [2.45, 2.75) is 32.5 Å². The van der Waals surface area contributed by atoms with Crippen molar-refractivity contribution in [3.8, 4) is 17.2 Å². The van der Waals surface area contributed by atoms with Gasteiger partial charge in [0.05, 0.1) is 23.1 Å². The third kappa shape index (κ3) is 4.72. The monoisotopic (exact) mass is 477 g/mol. The van der Waals surface area contributed by atoms with Gasteiger partial charge in [0.15, 0.2) is 0 Å². The van der Waals surface area contributed by atoms with Crippen molar-refractivity contribution in [1.29, 1.82) is 0 Å². The predicted molar refractivity (Wildman–Crippen MR) is 116 cm³/mol. The second kappa shape index (κ2) is 9.38. The summed E-state index contributed by atoms with van der Waals surface area (Å²) in [6.07, 6.45) is -3.16. The highest BCUT2D eigenvalue weighted by atomic mass is 19.4. The molecule has 0 spiro atoms. The van der Waals surface area contributed by atoms with Gasteiger partial charge in [-0.2, -0.15) is 13.2 Å². The van der Waals surface area contributed by atoms with E-state index in [0.717, 1.165) is 25.9 Å². The van der Waals surface area contributed by atoms with Gasteiger partial charge in [-0.05, 0) is 69.3 Å². The van der Waals surface area contributed by atoms with E-state index in [2.05, 4.69) is 0 Å². The van der Waals surface area contributed by atoms with Crippen molar-refractivity contribution in [2.24, 2.45) is 0 Å². The van der Waals surface area contributed by atoms with Crippen LogP contribution in [0.15, 0.2) is 45.6 Å². The summed E-state index contributed by atoms with van der Waals surface area (Å²) in [7, 11) is 0. The molecule has 0 unspecified atom stereocenters. The highest BCUT2D eigenvalue weighted by molar-refractivity contribution is 5.89. The van der Waals surface area contributed by atoms with Crippen LogP contribution in [0.4, 0.5) is 13.2 Å². The Bertz CT molecular complexity index is 1260. The Morgan fingerprint density at radius 3 is 2.41 bits per heavy atom. The molecule has 0 bridgehead atoms. The zero-order valence-electron chi connectivity index (χ0n) is 18.3. The number of hydrogen-bond donors (Lipinski definition) is 1. The molecule has 0 amide bonds. The highest BCUT2D eigenvalue weighted by Crippen LogP contribution is 2.40. The van der Waals surface area contributed by atoms with E-state index in [4.69, 9.17) is 13.9 Å². The number of nitrogens with zero attached hydrogens (tertiary/aromatic N) is 1. The van der Waals surface area contributed by atoms with Crippen molar-refractivity contribution in [3.05, 3.63) is 63.5 Å². The van der Waals surface area contributed by atoms with E-state index in [1.165, 1.54) is 36.4 Å². The van der Waals surface area contributed by atoms with Gasteiger partial charge in [0.25, 0.3) is 5.76 Å². The largest absolute Gasteiger partial charge is 0.507 e. The Morgan fingerprint density at radius 1 is 1.12 bits per heavy atom. The summed E-state index contributed by atoms with van der Waals surface area (Å²) in [6, 6.07) is 7.61. The lowest BCUT2D eigenvalue weighted by Crippen LogP contribution is -2.20. The zero-order valence-corrected chi connectivity index (χ0v) is 18.3. The first-order valence-electron chi connectivity index (χ1n) is 10.7. The first kappa shape index (κ1) is 23.6. The Morgan fingerprint density at radius 2 is 1.79 bits per heavy atom. The molecule has 1 fully saturated rings. The minimum atomic E-state index is -5.04. The van der Waals surface area contributed by atoms with Gasteiger partial charge in [-0.25, -0.2) is 4.79 Å². The number of aromatic hydroxyl groups is 1. The highest BCUT2D eigenvalue weighted by Gasteiger charge is 2.41. The molecule has 34 heavy (non-hydrogen) atoms. The maximum atomic E-state index is 13.9. The van der Waals surface area contributed by atoms with E-state index in [-0.39, 0.29) is 46.7 Å². The Labute approximate surface area is 192 Å². The third-order valence-electron chi connectivity index (χ3n) is 5.52. The van der Waals surface area contributed by atoms with Gasteiger partial charge < -0.3 is 19.0 Å². The van der Waals surface area contributed by atoms with E-state index < -0.39 is 29.1 Å². The van der Waals surface area contributed by atoms with E-state index in [1.54, 1.807) is 6.92 Å². The summed E-state index contributed by atoms with van der Waals surface area (Å²) in [5, 5.41) is 10.2. The number of rotatable bonds is 6. The second-order valence-electron chi connectivity index (χ2n) is 7.86. The molecule has 0 atom stereocenters. The van der Waals surface area contributed by atoms with Crippen LogP contribution in [-0.2, 0) is 17.5 Å². The number of phenols is 1. The maximum Gasteiger partial charge on any atom is 0.453 e. The molecule has 1 N–H and O–H groups in total. The molecule has 0 radical (unpaired) electrons. The van der Waals surface area contributed by atoms with Gasteiger partial charge in [0, 0.05) is 6.54 Å². The SMILES string of the molecule is CCOC(=O)c1ccc(Oc2c(C(F)(F)F)oc3c(CN4CCCC4)c(O)ccc3c2=O)cc1. The summed E-state index contributed by atoms with van der Waals surface area (Å²) in [6.45, 7) is 3.42. The summed E-state index contributed by atoms with van der Waals surface area (Å²) >= 11 is 0. The van der Waals surface area contributed by atoms with Gasteiger partial charge in [0.2, 0.25) is 11.2 Å². The van der Waals surface area contributed by atoms with Gasteiger partial charge in [-0.15, -0.1) is 0 Å². The van der Waals surface area contributed by atoms with E-state index >= 15 is 0 Å². The predicted octanol–water partition coefficient (Wildman–Crippen LogP) is 5.08. The number of alkyl halides is 3. The molecule has 1 aliphatic rings. The fourth-order valence-electron chi connectivity index (χ4n) is 3.87. The number of phenolic OH excluding ortho intramolecular Hbond substituents is 1. The molecule has 1 saturated heterocycles. The van der Waals surface area contributed by atoms with E-state index in [0.29, 0.717) is 0 Å². The number of hydrogen-bond acceptors (Lipinski definition) is 7. The number of halogens is 3. The van der Waals surface area contributed by atoms with Crippen molar-refractivity contribution >= 4 is 16.9 Å². The number of ether oxygens (including phenoxy) is 2. The van der Waals surface area contributed by atoms with Crippen LogP contribution in [0, 0.1) is 0 Å². The Kier molecular flexibility index (Phi) is 6.52. The van der Waals surface area contributed by atoms with Crippen molar-refractivity contribution in [3.63, 3.8) is 0 Å². The van der Waals surface area contributed by atoms with Crippen LogP contribution in [0.2, 0.25) is 0 Å². The number of esters is 1. The standard InChI is InChI=1S/C24H22F3NO6/c1-2-32-23(31)14-5-7-15(8-6-14)33-21-19(30)16-9-10-18(29)17(13-28-11-3-4-12-28)20(16)34-22(21)24(25,26)27/h5-10,29H,2-4,11-13H2,1H3. The molecular weight excluding hydrogens is 455 g/mol. The van der Waals surface area contributed by atoms with Crippen LogP contribution in [-0.4, -0.2) is 35.7 Å². The van der Waals surface area contributed by atoms with Crippen LogP contribution < -0.4 is 10.2 Å². The summed E-state index contributed by atoms with van der Waals surface area (Å²) < 4.78 is 57.1. The number of likely N-dealkylation sites (tertiary alicyclic amines) is 1. The molecule has 3 aromatic rings. The van der Waals surface area contributed by atoms with E-state index in [1.807, 2.05) is 4.90 Å². The van der Waals surface area contributed by atoms with Crippen LogP contribution in [0.25, 0.3) is 11.0 Å². The molecule has 1 aliphatic heterocycles. The normalized spacial score (nSPS) is 14.5. The lowest BCUT2D eigenvalue weighted by molar-refractivity contribution is -0.154. The molecular formula is C24H22F3NO6. The third-order valence-corrected chi connectivity index (χ3v) is 5.52. The fraction of sp³-hybridized carbons (Fsp3) is 0.333. The zero-order chi connectivity index (χ0) is 24.5. The van der Waals surface area contributed by atoms with Gasteiger partial charge >= 0.3 is 12.1 Å². The molecule has 10 heteroatoms. The molecule has 1 aromatic heterocycles. The fourth-order valence-corrected chi connectivity index (χ4v) is 3.87. The molecule has 4 rings (SSSR count). The summed E-state index contributed by atoms with van der Waals surface area (Å²) in [5.74, 6) is -3.57. The molecule has 2 heterocycles. The Balaban J connectivity index is 1.79. The number of carbonyl (C=O) groups is 1. The first-order valence-corrected chi connectivity index (χ1v) is 10.7. The molecule has 7 nitrogen and oxygen atoms in total. The smallest absolute Gasteiger partial charge is 0.453 e. The van der Waals surface area contributed by atoms with Gasteiger partial charge in [-0.3, -0.25) is 9.69 Å². The molecule has 180 valence electrons. The maximum absolute atomic E-state index is 13.9.